The van der Waals surface area contributed by atoms with Crippen LogP contribution in [0.5, 0.6) is 5.75 Å². The van der Waals surface area contributed by atoms with Gasteiger partial charge >= 0.3 is 5.69 Å². The topological polar surface area (TPSA) is 89.4 Å². The van der Waals surface area contributed by atoms with Crippen LogP contribution in [0.1, 0.15) is 19.9 Å². The average molecular weight is 642 g/mol. The first kappa shape index (κ1) is 30.1. The molecule has 1 spiro atoms. The van der Waals surface area contributed by atoms with E-state index in [1.807, 2.05) is 18.7 Å². The zero-order valence-corrected chi connectivity index (χ0v) is 25.9. The highest BCUT2D eigenvalue weighted by molar-refractivity contribution is 6.35. The molecular weight excluding hydrogens is 608 g/mol. The molecule has 238 valence electrons. The summed E-state index contributed by atoms with van der Waals surface area (Å²) in [5.41, 5.74) is 0.427. The monoisotopic (exact) mass is 641 g/mol. The summed E-state index contributed by atoms with van der Waals surface area (Å²) in [6.07, 6.45) is 1.29. The lowest BCUT2D eigenvalue weighted by Gasteiger charge is -2.54. The molecule has 1 amide bonds. The van der Waals surface area contributed by atoms with Gasteiger partial charge < -0.3 is 24.0 Å². The SMILES string of the molecule is C=CC(=O)N1C[C@H](C)N(c2nc(=O)n3c4c(c(-c5ccc(F)cc5F)c(Cl)cc24)OC[C@H]3COCN2CC3(COC3)C2)C[C@H]1C. The van der Waals surface area contributed by atoms with Crippen molar-refractivity contribution in [3.63, 3.8) is 0 Å². The van der Waals surface area contributed by atoms with E-state index in [0.717, 1.165) is 38.4 Å². The van der Waals surface area contributed by atoms with Gasteiger partial charge in [0, 0.05) is 66.3 Å². The molecule has 0 saturated carbocycles. The van der Waals surface area contributed by atoms with Crippen LogP contribution in [0.3, 0.4) is 0 Å². The minimum Gasteiger partial charge on any atom is -0.488 e. The van der Waals surface area contributed by atoms with Crippen LogP contribution in [0.25, 0.3) is 22.0 Å². The van der Waals surface area contributed by atoms with Crippen molar-refractivity contribution in [1.29, 1.82) is 0 Å². The molecule has 4 aliphatic heterocycles. The minimum absolute atomic E-state index is 0.0515. The molecule has 5 heterocycles. The van der Waals surface area contributed by atoms with Gasteiger partial charge in [-0.25, -0.2) is 13.6 Å². The van der Waals surface area contributed by atoms with E-state index in [0.29, 0.717) is 36.5 Å². The lowest BCUT2D eigenvalue weighted by atomic mass is 9.78. The number of benzene rings is 2. The number of halogens is 3. The first-order valence-electron chi connectivity index (χ1n) is 15.0. The quantitative estimate of drug-likeness (QED) is 0.360. The maximum Gasteiger partial charge on any atom is 0.350 e. The van der Waals surface area contributed by atoms with Gasteiger partial charge in [-0.2, -0.15) is 4.98 Å². The van der Waals surface area contributed by atoms with Crippen LogP contribution in [-0.4, -0.2) is 96.7 Å². The number of likely N-dealkylation sites (tertiary alicyclic amines) is 1. The van der Waals surface area contributed by atoms with Crippen molar-refractivity contribution in [2.45, 2.75) is 32.0 Å². The van der Waals surface area contributed by atoms with E-state index in [9.17, 15) is 14.0 Å². The van der Waals surface area contributed by atoms with Crippen molar-refractivity contribution in [2.75, 3.05) is 64.2 Å². The Morgan fingerprint density at radius 2 is 1.98 bits per heavy atom. The Morgan fingerprint density at radius 3 is 2.67 bits per heavy atom. The summed E-state index contributed by atoms with van der Waals surface area (Å²) in [6.45, 7) is 12.3. The third kappa shape index (κ3) is 5.08. The number of carbonyl (C=O) groups is 1. The average Bonchev–Trinajstić information content (AvgIpc) is 2.96. The summed E-state index contributed by atoms with van der Waals surface area (Å²) >= 11 is 6.85. The lowest BCUT2D eigenvalue weighted by molar-refractivity contribution is -0.207. The molecule has 2 aromatic carbocycles. The van der Waals surface area contributed by atoms with Gasteiger partial charge in [0.1, 0.15) is 24.1 Å². The molecule has 0 N–H and O–H groups in total. The van der Waals surface area contributed by atoms with Crippen LogP contribution < -0.4 is 15.3 Å². The van der Waals surface area contributed by atoms with Gasteiger partial charge in [-0.05, 0) is 38.1 Å². The Hall–Kier alpha value is -3.58. The normalized spacial score (nSPS) is 23.9. The number of hydrogen-bond acceptors (Lipinski definition) is 8. The maximum absolute atomic E-state index is 15.2. The lowest BCUT2D eigenvalue weighted by Crippen LogP contribution is -2.66. The van der Waals surface area contributed by atoms with Crippen molar-refractivity contribution in [2.24, 2.45) is 5.41 Å². The predicted octanol–water partition coefficient (Wildman–Crippen LogP) is 3.85. The third-order valence-corrected chi connectivity index (χ3v) is 9.61. The van der Waals surface area contributed by atoms with Gasteiger partial charge in [-0.3, -0.25) is 14.3 Å². The number of amides is 1. The second-order valence-electron chi connectivity index (χ2n) is 12.7. The van der Waals surface area contributed by atoms with Gasteiger partial charge in [0.25, 0.3) is 0 Å². The Kier molecular flexibility index (Phi) is 7.58. The summed E-state index contributed by atoms with van der Waals surface area (Å²) in [7, 11) is 0. The smallest absolute Gasteiger partial charge is 0.350 e. The summed E-state index contributed by atoms with van der Waals surface area (Å²) in [4.78, 5) is 36.9. The number of piperazine rings is 1. The van der Waals surface area contributed by atoms with Gasteiger partial charge in [0.2, 0.25) is 5.91 Å². The third-order valence-electron chi connectivity index (χ3n) is 9.32. The van der Waals surface area contributed by atoms with Crippen LogP contribution >= 0.6 is 11.6 Å². The predicted molar refractivity (Wildman–Crippen MR) is 165 cm³/mol. The Balaban J connectivity index is 1.30. The summed E-state index contributed by atoms with van der Waals surface area (Å²) in [5, 5.41) is 0.710. The number of ether oxygens (including phenoxy) is 3. The molecule has 10 nitrogen and oxygen atoms in total. The van der Waals surface area contributed by atoms with Crippen molar-refractivity contribution in [1.82, 2.24) is 19.4 Å². The summed E-state index contributed by atoms with van der Waals surface area (Å²) in [6, 6.07) is 4.00. The number of aromatic nitrogens is 2. The molecule has 0 radical (unpaired) electrons. The van der Waals surface area contributed by atoms with E-state index in [-0.39, 0.29) is 58.5 Å². The molecule has 13 heteroatoms. The molecule has 7 rings (SSSR count). The van der Waals surface area contributed by atoms with Crippen LogP contribution in [0.15, 0.2) is 41.7 Å². The van der Waals surface area contributed by atoms with E-state index in [2.05, 4.69) is 16.5 Å². The zero-order chi connectivity index (χ0) is 31.6. The van der Waals surface area contributed by atoms with E-state index < -0.39 is 23.4 Å². The largest absolute Gasteiger partial charge is 0.488 e. The first-order valence-corrected chi connectivity index (χ1v) is 15.4. The van der Waals surface area contributed by atoms with Crippen molar-refractivity contribution in [3.8, 4) is 16.9 Å². The van der Waals surface area contributed by atoms with Gasteiger partial charge in [-0.1, -0.05) is 18.2 Å². The van der Waals surface area contributed by atoms with E-state index in [4.69, 9.17) is 25.8 Å². The highest BCUT2D eigenvalue weighted by Gasteiger charge is 2.48. The molecule has 4 aliphatic rings. The Morgan fingerprint density at radius 1 is 1.20 bits per heavy atom. The van der Waals surface area contributed by atoms with Crippen LogP contribution in [0.2, 0.25) is 5.02 Å². The highest BCUT2D eigenvalue weighted by atomic mass is 35.5. The first-order chi connectivity index (χ1) is 21.6. The molecule has 3 atom stereocenters. The Labute approximate surface area is 263 Å². The van der Waals surface area contributed by atoms with Gasteiger partial charge in [-0.15, -0.1) is 0 Å². The zero-order valence-electron chi connectivity index (χ0n) is 25.1. The number of rotatable bonds is 7. The van der Waals surface area contributed by atoms with Crippen molar-refractivity contribution >= 4 is 34.2 Å². The second kappa shape index (κ2) is 11.3. The minimum atomic E-state index is -0.806. The fraction of sp³-hybridized carbons (Fsp3) is 0.469. The summed E-state index contributed by atoms with van der Waals surface area (Å²) < 4.78 is 48.3. The van der Waals surface area contributed by atoms with Gasteiger partial charge in [0.15, 0.2) is 5.75 Å². The maximum atomic E-state index is 15.2. The molecule has 0 unspecified atom stereocenters. The standard InChI is InChI=1S/C32H34ClF2N5O5/c1-4-26(41)38-9-19(3)39(10-18(38)2)30-23-8-24(33)27(22-6-5-20(34)7-25(22)35)29-28(23)40(31(42)36-30)21(12-45-29)11-43-17-37-13-32(14-37)15-44-16-32/h4-8,18-19,21H,1,9-17H2,2-3H3/t18-,19+,21-/m1/s1. The summed E-state index contributed by atoms with van der Waals surface area (Å²) in [5.74, 6) is -1.09. The van der Waals surface area contributed by atoms with Crippen LogP contribution in [0, 0.1) is 17.0 Å². The highest BCUT2D eigenvalue weighted by Crippen LogP contribution is 2.47. The molecule has 1 aromatic heterocycles. The second-order valence-corrected chi connectivity index (χ2v) is 13.1. The number of nitrogens with zero attached hydrogens (tertiary/aromatic N) is 5. The fourth-order valence-corrected chi connectivity index (χ4v) is 7.37. The van der Waals surface area contributed by atoms with Gasteiger partial charge in [0.05, 0.1) is 43.1 Å². The molecule has 45 heavy (non-hydrogen) atoms. The molecule has 3 fully saturated rings. The van der Waals surface area contributed by atoms with E-state index >= 15 is 4.39 Å². The van der Waals surface area contributed by atoms with Crippen LogP contribution in [0.4, 0.5) is 14.6 Å². The number of hydrogen-bond donors (Lipinski definition) is 0. The number of carbonyl (C=O) groups excluding carboxylic acids is 1. The molecular formula is C32H34ClF2N5O5. The molecule has 0 aliphatic carbocycles. The van der Waals surface area contributed by atoms with Crippen molar-refractivity contribution in [3.05, 3.63) is 64.1 Å². The van der Waals surface area contributed by atoms with E-state index in [1.54, 1.807) is 15.5 Å². The van der Waals surface area contributed by atoms with E-state index in [1.165, 1.54) is 12.1 Å². The number of anilines is 1. The van der Waals surface area contributed by atoms with Crippen LogP contribution in [-0.2, 0) is 14.3 Å². The molecule has 3 aromatic rings. The van der Waals surface area contributed by atoms with Crippen molar-refractivity contribution < 1.29 is 27.8 Å². The fourth-order valence-electron chi connectivity index (χ4n) is 7.08. The Bertz CT molecular complexity index is 1760. The molecule has 0 bridgehead atoms. The molecule has 3 saturated heterocycles.